The third-order valence-corrected chi connectivity index (χ3v) is 4.06. The molecule has 3 rings (SSSR count). The zero-order chi connectivity index (χ0) is 20.3. The van der Waals surface area contributed by atoms with Crippen molar-refractivity contribution in [2.24, 2.45) is 5.73 Å². The van der Waals surface area contributed by atoms with E-state index >= 15 is 0 Å². The second kappa shape index (κ2) is 8.15. The zero-order valence-electron chi connectivity index (χ0n) is 16.0. The van der Waals surface area contributed by atoms with Gasteiger partial charge in [-0.25, -0.2) is 9.50 Å². The maximum Gasteiger partial charge on any atom is 0.274 e. The van der Waals surface area contributed by atoms with E-state index in [2.05, 4.69) is 20.3 Å². The molecule has 146 valence electrons. The largest absolute Gasteiger partial charge is 0.378 e. The summed E-state index contributed by atoms with van der Waals surface area (Å²) in [4.78, 5) is 30.8. The number of ether oxygens (including phenoxy) is 1. The first-order valence-electron chi connectivity index (χ1n) is 8.61. The molecule has 9 heteroatoms. The smallest absolute Gasteiger partial charge is 0.274 e. The Morgan fingerprint density at radius 2 is 1.93 bits per heavy atom. The quantitative estimate of drug-likeness (QED) is 0.636. The summed E-state index contributed by atoms with van der Waals surface area (Å²) in [5.41, 5.74) is 8.17. The Kier molecular flexibility index (Phi) is 5.67. The summed E-state index contributed by atoms with van der Waals surface area (Å²) in [6.45, 7) is 0.890. The van der Waals surface area contributed by atoms with Gasteiger partial charge in [-0.05, 0) is 37.9 Å². The van der Waals surface area contributed by atoms with Gasteiger partial charge < -0.3 is 20.7 Å². The van der Waals surface area contributed by atoms with Gasteiger partial charge in [0.1, 0.15) is 17.0 Å². The highest BCUT2D eigenvalue weighted by Crippen LogP contribution is 2.17. The maximum atomic E-state index is 12.8. The fourth-order valence-electron chi connectivity index (χ4n) is 2.91. The Hall–Kier alpha value is -3.30. The predicted molar refractivity (Wildman–Crippen MR) is 104 cm³/mol. The monoisotopic (exact) mass is 382 g/mol. The molecule has 0 spiro atoms. The first-order valence-corrected chi connectivity index (χ1v) is 8.61. The topological polar surface area (TPSA) is 115 Å². The number of fused-ring (bicyclic) bond motifs is 1. The number of hydrogen-bond donors (Lipinski definition) is 2. The normalized spacial score (nSPS) is 11.1. The summed E-state index contributed by atoms with van der Waals surface area (Å²) in [5, 5.41) is 7.13. The lowest BCUT2D eigenvalue weighted by Gasteiger charge is -2.11. The van der Waals surface area contributed by atoms with Crippen molar-refractivity contribution in [3.63, 3.8) is 0 Å². The van der Waals surface area contributed by atoms with Gasteiger partial charge in [-0.3, -0.25) is 9.59 Å². The van der Waals surface area contributed by atoms with Gasteiger partial charge in [-0.1, -0.05) is 12.1 Å². The third kappa shape index (κ3) is 4.00. The number of nitrogens with zero attached hydrogens (tertiary/aromatic N) is 4. The Morgan fingerprint density at radius 1 is 1.21 bits per heavy atom. The average molecular weight is 382 g/mol. The van der Waals surface area contributed by atoms with E-state index in [4.69, 9.17) is 10.5 Å². The Bertz CT molecular complexity index is 1010. The fourth-order valence-corrected chi connectivity index (χ4v) is 2.91. The number of rotatable bonds is 7. The van der Waals surface area contributed by atoms with Gasteiger partial charge in [0.15, 0.2) is 5.65 Å². The van der Waals surface area contributed by atoms with Crippen LogP contribution in [0.2, 0.25) is 0 Å². The third-order valence-electron chi connectivity index (χ3n) is 4.06. The number of nitrogens with one attached hydrogen (secondary N) is 1. The number of nitrogens with two attached hydrogens (primary N) is 1. The molecule has 0 bridgehead atoms. The number of carbonyl (C=O) groups excluding carboxylic acids is 2. The summed E-state index contributed by atoms with van der Waals surface area (Å²) >= 11 is 0. The predicted octanol–water partition coefficient (Wildman–Crippen LogP) is 1.29. The Morgan fingerprint density at radius 3 is 2.54 bits per heavy atom. The number of primary amides is 1. The van der Waals surface area contributed by atoms with Crippen LogP contribution in [0.3, 0.4) is 0 Å². The van der Waals surface area contributed by atoms with Crippen LogP contribution in [0.1, 0.15) is 32.1 Å². The van der Waals surface area contributed by atoms with E-state index in [0.29, 0.717) is 11.4 Å². The van der Waals surface area contributed by atoms with Crippen LogP contribution in [-0.2, 0) is 17.9 Å². The summed E-state index contributed by atoms with van der Waals surface area (Å²) in [6.07, 6.45) is 1.44. The van der Waals surface area contributed by atoms with Crippen molar-refractivity contribution < 1.29 is 14.3 Å². The summed E-state index contributed by atoms with van der Waals surface area (Å²) < 4.78 is 6.38. The van der Waals surface area contributed by atoms with Crippen LogP contribution in [0.25, 0.3) is 5.65 Å². The van der Waals surface area contributed by atoms with Crippen LogP contribution in [-0.4, -0.2) is 52.5 Å². The second-order valence-corrected chi connectivity index (χ2v) is 6.57. The number of methoxy groups -OCH3 is 1. The van der Waals surface area contributed by atoms with E-state index < -0.39 is 5.91 Å². The van der Waals surface area contributed by atoms with Gasteiger partial charge in [0.2, 0.25) is 0 Å². The molecular formula is C19H22N6O3. The number of carbonyl (C=O) groups is 2. The molecular weight excluding hydrogens is 360 g/mol. The molecule has 9 nitrogen and oxygen atoms in total. The van der Waals surface area contributed by atoms with Gasteiger partial charge in [-0.2, -0.15) is 5.10 Å². The van der Waals surface area contributed by atoms with Gasteiger partial charge in [0, 0.05) is 25.5 Å². The van der Waals surface area contributed by atoms with Crippen LogP contribution in [0.15, 0.2) is 36.5 Å². The summed E-state index contributed by atoms with van der Waals surface area (Å²) in [5.74, 6) is -1.06. The van der Waals surface area contributed by atoms with Crippen molar-refractivity contribution in [1.29, 1.82) is 0 Å². The minimum absolute atomic E-state index is 0.0794. The number of benzene rings is 1. The molecule has 0 saturated carbocycles. The van der Waals surface area contributed by atoms with Crippen molar-refractivity contribution >= 4 is 23.1 Å². The lowest BCUT2D eigenvalue weighted by atomic mass is 10.2. The van der Waals surface area contributed by atoms with Crippen LogP contribution >= 0.6 is 0 Å². The molecule has 0 saturated heterocycles. The van der Waals surface area contributed by atoms with E-state index in [1.807, 2.05) is 38.4 Å². The molecule has 0 fully saturated rings. The van der Waals surface area contributed by atoms with Crippen molar-refractivity contribution in [3.8, 4) is 0 Å². The molecule has 2 amide bonds. The molecule has 0 aliphatic rings. The van der Waals surface area contributed by atoms with Crippen molar-refractivity contribution in [2.45, 2.75) is 13.2 Å². The highest BCUT2D eigenvalue weighted by atomic mass is 16.5. The van der Waals surface area contributed by atoms with Crippen LogP contribution in [0.5, 0.6) is 0 Å². The lowest BCUT2D eigenvalue weighted by molar-refractivity contribution is 0.0993. The lowest BCUT2D eigenvalue weighted by Crippen LogP contribution is -2.17. The van der Waals surface area contributed by atoms with Gasteiger partial charge in [0.05, 0.1) is 6.61 Å². The van der Waals surface area contributed by atoms with E-state index in [1.54, 1.807) is 0 Å². The minimum Gasteiger partial charge on any atom is -0.378 e. The molecule has 3 aromatic rings. The van der Waals surface area contributed by atoms with E-state index in [0.717, 1.165) is 12.1 Å². The molecule has 3 N–H and O–H groups in total. The summed E-state index contributed by atoms with van der Waals surface area (Å²) in [6, 6.07) is 9.10. The molecule has 1 aromatic carbocycles. The van der Waals surface area contributed by atoms with Crippen molar-refractivity contribution in [1.82, 2.24) is 19.5 Å². The molecule has 0 aliphatic heterocycles. The first-order chi connectivity index (χ1) is 13.4. The molecule has 28 heavy (non-hydrogen) atoms. The molecule has 0 radical (unpaired) electrons. The van der Waals surface area contributed by atoms with Crippen LogP contribution in [0, 0.1) is 0 Å². The van der Waals surface area contributed by atoms with E-state index in [-0.39, 0.29) is 29.4 Å². The summed E-state index contributed by atoms with van der Waals surface area (Å²) in [7, 11) is 5.47. The number of anilines is 1. The van der Waals surface area contributed by atoms with Crippen molar-refractivity contribution in [2.75, 3.05) is 26.5 Å². The van der Waals surface area contributed by atoms with Gasteiger partial charge in [-0.15, -0.1) is 0 Å². The zero-order valence-corrected chi connectivity index (χ0v) is 16.0. The van der Waals surface area contributed by atoms with Gasteiger partial charge in [0.25, 0.3) is 11.8 Å². The maximum absolute atomic E-state index is 12.8. The number of aromatic nitrogens is 3. The molecule has 0 aliphatic carbocycles. The first kappa shape index (κ1) is 19.5. The fraction of sp³-hybridized carbons (Fsp3) is 0.263. The molecule has 2 heterocycles. The number of amides is 2. The standard InChI is InChI=1S/C19H22N6O3/c1-24(2)10-12-4-6-13(7-5-12)22-19(27)15-8-9-21-18-16(17(20)26)14(11-28-3)23-25(15)18/h4-9H,10-11H2,1-3H3,(H2,20,26)(H,22,27). The van der Waals surface area contributed by atoms with Gasteiger partial charge >= 0.3 is 0 Å². The molecule has 0 unspecified atom stereocenters. The Balaban J connectivity index is 1.91. The second-order valence-electron chi connectivity index (χ2n) is 6.57. The van der Waals surface area contributed by atoms with Crippen LogP contribution in [0.4, 0.5) is 5.69 Å². The SMILES string of the molecule is COCc1nn2c(C(=O)Nc3ccc(CN(C)C)cc3)ccnc2c1C(N)=O. The average Bonchev–Trinajstić information content (AvgIpc) is 3.01. The highest BCUT2D eigenvalue weighted by Gasteiger charge is 2.22. The van der Waals surface area contributed by atoms with Crippen molar-refractivity contribution in [3.05, 3.63) is 59.0 Å². The van der Waals surface area contributed by atoms with Crippen LogP contribution < -0.4 is 11.1 Å². The number of hydrogen-bond acceptors (Lipinski definition) is 6. The molecule has 2 aromatic heterocycles. The van der Waals surface area contributed by atoms with E-state index in [9.17, 15) is 9.59 Å². The molecule has 0 atom stereocenters. The highest BCUT2D eigenvalue weighted by molar-refractivity contribution is 6.05. The minimum atomic E-state index is -0.677. The van der Waals surface area contributed by atoms with E-state index in [1.165, 1.54) is 23.9 Å². The Labute approximate surface area is 162 Å².